The second kappa shape index (κ2) is 9.02. The van der Waals surface area contributed by atoms with E-state index in [1.807, 2.05) is 24.3 Å². The molecule has 1 aliphatic heterocycles. The predicted molar refractivity (Wildman–Crippen MR) is 133 cm³/mol. The van der Waals surface area contributed by atoms with Gasteiger partial charge in [0.1, 0.15) is 17.2 Å². The molecule has 1 aromatic carbocycles. The molecule has 1 aliphatic rings. The van der Waals surface area contributed by atoms with Crippen LogP contribution in [-0.2, 0) is 0 Å². The van der Waals surface area contributed by atoms with Crippen LogP contribution in [0.4, 0.5) is 29.1 Å². The summed E-state index contributed by atoms with van der Waals surface area (Å²) in [5.41, 5.74) is 14.3. The number of nitrogens with zero attached hydrogens (tertiary/aromatic N) is 7. The number of fused-ring (bicyclic) bond motifs is 1. The average Bonchev–Trinajstić information content (AvgIpc) is 3.17. The largest absolute Gasteiger partial charge is 0.457 e. The van der Waals surface area contributed by atoms with Crippen molar-refractivity contribution in [2.24, 2.45) is 0 Å². The zero-order valence-corrected chi connectivity index (χ0v) is 19.2. The molecule has 0 unspecified atom stereocenters. The number of aromatic nitrogens is 5. The van der Waals surface area contributed by atoms with Crippen LogP contribution in [0.25, 0.3) is 5.65 Å². The number of nitrogen functional groups attached to an aromatic ring is 2. The summed E-state index contributed by atoms with van der Waals surface area (Å²) >= 11 is 0. The van der Waals surface area contributed by atoms with Crippen LogP contribution < -0.4 is 26.4 Å². The van der Waals surface area contributed by atoms with Crippen molar-refractivity contribution in [2.45, 2.75) is 18.9 Å². The molecule has 0 amide bonds. The third-order valence-corrected chi connectivity index (χ3v) is 6.01. The van der Waals surface area contributed by atoms with E-state index in [0.717, 1.165) is 37.4 Å². The fraction of sp³-hybridized carbons (Fsp3) is 0.304. The molecule has 34 heavy (non-hydrogen) atoms. The molecule has 4 aromatic rings. The zero-order valence-electron chi connectivity index (χ0n) is 19.2. The van der Waals surface area contributed by atoms with Crippen LogP contribution in [0.5, 0.6) is 11.5 Å². The molecule has 1 saturated heterocycles. The smallest absolute Gasteiger partial charge is 0.230 e. The molecule has 4 heterocycles. The Morgan fingerprint density at radius 3 is 2.32 bits per heavy atom. The number of rotatable bonds is 6. The van der Waals surface area contributed by atoms with Crippen LogP contribution >= 0.6 is 0 Å². The van der Waals surface area contributed by atoms with Gasteiger partial charge in [0, 0.05) is 37.2 Å². The van der Waals surface area contributed by atoms with Gasteiger partial charge in [-0.2, -0.15) is 14.5 Å². The van der Waals surface area contributed by atoms with Gasteiger partial charge in [0.15, 0.2) is 11.5 Å². The van der Waals surface area contributed by atoms with Gasteiger partial charge in [-0.3, -0.25) is 4.98 Å². The first kappa shape index (κ1) is 21.7. The van der Waals surface area contributed by atoms with Gasteiger partial charge in [-0.1, -0.05) is 0 Å². The first-order valence-electron chi connectivity index (χ1n) is 11.2. The predicted octanol–water partition coefficient (Wildman–Crippen LogP) is 2.75. The second-order valence-electron chi connectivity index (χ2n) is 8.50. The summed E-state index contributed by atoms with van der Waals surface area (Å²) in [4.78, 5) is 17.6. The van der Waals surface area contributed by atoms with Gasteiger partial charge >= 0.3 is 0 Å². The van der Waals surface area contributed by atoms with E-state index < -0.39 is 0 Å². The van der Waals surface area contributed by atoms with Crippen molar-refractivity contribution in [3.05, 3.63) is 48.8 Å². The molecular formula is C23H28N10O. The first-order chi connectivity index (χ1) is 16.5. The fourth-order valence-corrected chi connectivity index (χ4v) is 4.06. The molecule has 11 heteroatoms. The van der Waals surface area contributed by atoms with Crippen molar-refractivity contribution in [3.8, 4) is 11.5 Å². The summed E-state index contributed by atoms with van der Waals surface area (Å²) in [5, 5.41) is 7.72. The lowest BCUT2D eigenvalue weighted by atomic mass is 10.0. The molecule has 0 saturated carbocycles. The van der Waals surface area contributed by atoms with Crippen LogP contribution in [-0.4, -0.2) is 62.7 Å². The highest BCUT2D eigenvalue weighted by Gasteiger charge is 2.24. The molecule has 0 spiro atoms. The fourth-order valence-electron chi connectivity index (χ4n) is 4.06. The molecule has 5 rings (SSSR count). The molecule has 11 nitrogen and oxygen atoms in total. The minimum atomic E-state index is 0.246. The second-order valence-corrected chi connectivity index (χ2v) is 8.50. The highest BCUT2D eigenvalue weighted by Crippen LogP contribution is 2.30. The van der Waals surface area contributed by atoms with E-state index in [4.69, 9.17) is 16.2 Å². The van der Waals surface area contributed by atoms with Crippen molar-refractivity contribution in [3.63, 3.8) is 0 Å². The molecule has 1 fully saturated rings. The normalized spacial score (nSPS) is 14.6. The zero-order chi connectivity index (χ0) is 23.7. The van der Waals surface area contributed by atoms with Gasteiger partial charge in [-0.15, -0.1) is 5.10 Å². The standard InChI is InChI=1S/C23H28N10O/c1-31(2)16-9-13-32(14-10-16)23-28-21-19(24)20(30-33(21)22(25)29-23)27-15-3-5-17(6-4-15)34-18-7-11-26-12-8-18/h3-8,11-12,16H,9-10,13-14,24H2,1-2H3,(H,27,30)(H2,25,28,29). The maximum Gasteiger partial charge on any atom is 0.230 e. The number of piperidine rings is 1. The highest BCUT2D eigenvalue weighted by molar-refractivity contribution is 5.82. The molecule has 0 radical (unpaired) electrons. The molecule has 0 aliphatic carbocycles. The topological polar surface area (TPSA) is 136 Å². The molecule has 5 N–H and O–H groups in total. The average molecular weight is 461 g/mol. The number of benzene rings is 1. The maximum atomic E-state index is 6.40. The summed E-state index contributed by atoms with van der Waals surface area (Å²) < 4.78 is 7.27. The maximum absolute atomic E-state index is 6.40. The quantitative estimate of drug-likeness (QED) is 0.394. The number of hydrogen-bond acceptors (Lipinski definition) is 10. The lowest BCUT2D eigenvalue weighted by Crippen LogP contribution is -2.42. The van der Waals surface area contributed by atoms with Gasteiger partial charge < -0.3 is 31.3 Å². The van der Waals surface area contributed by atoms with Crippen LogP contribution in [0, 0.1) is 0 Å². The molecule has 0 bridgehead atoms. The monoisotopic (exact) mass is 460 g/mol. The Labute approximate surface area is 197 Å². The first-order valence-corrected chi connectivity index (χ1v) is 11.2. The summed E-state index contributed by atoms with van der Waals surface area (Å²) in [5.74, 6) is 2.72. The van der Waals surface area contributed by atoms with Crippen molar-refractivity contribution in [1.29, 1.82) is 0 Å². The van der Waals surface area contributed by atoms with Crippen molar-refractivity contribution in [1.82, 2.24) is 29.5 Å². The van der Waals surface area contributed by atoms with Crippen LogP contribution in [0.2, 0.25) is 0 Å². The van der Waals surface area contributed by atoms with Gasteiger partial charge in [-0.05, 0) is 63.3 Å². The number of ether oxygens (including phenoxy) is 1. The van der Waals surface area contributed by atoms with Gasteiger partial charge in [0.2, 0.25) is 11.9 Å². The van der Waals surface area contributed by atoms with Crippen molar-refractivity contribution in [2.75, 3.05) is 48.9 Å². The van der Waals surface area contributed by atoms with E-state index in [1.165, 1.54) is 4.52 Å². The molecule has 0 atom stereocenters. The van der Waals surface area contributed by atoms with E-state index in [9.17, 15) is 0 Å². The van der Waals surface area contributed by atoms with Gasteiger partial charge in [-0.25, -0.2) is 0 Å². The minimum Gasteiger partial charge on any atom is -0.457 e. The van der Waals surface area contributed by atoms with Crippen molar-refractivity contribution >= 4 is 34.7 Å². The Morgan fingerprint density at radius 2 is 1.65 bits per heavy atom. The summed E-state index contributed by atoms with van der Waals surface area (Å²) in [7, 11) is 4.23. The van der Waals surface area contributed by atoms with Gasteiger partial charge in [0.25, 0.3) is 0 Å². The van der Waals surface area contributed by atoms with Crippen LogP contribution in [0.3, 0.4) is 0 Å². The Hall–Kier alpha value is -4.12. The van der Waals surface area contributed by atoms with E-state index in [-0.39, 0.29) is 5.95 Å². The lowest BCUT2D eigenvalue weighted by molar-refractivity contribution is 0.249. The Balaban J connectivity index is 1.33. The summed E-state index contributed by atoms with van der Waals surface area (Å²) in [6.07, 6.45) is 5.46. The number of pyridine rings is 1. The van der Waals surface area contributed by atoms with E-state index in [0.29, 0.717) is 34.9 Å². The highest BCUT2D eigenvalue weighted by atomic mass is 16.5. The van der Waals surface area contributed by atoms with E-state index >= 15 is 0 Å². The molecule has 176 valence electrons. The molecule has 3 aromatic heterocycles. The number of anilines is 5. The van der Waals surface area contributed by atoms with Crippen LogP contribution in [0.15, 0.2) is 48.8 Å². The SMILES string of the molecule is CN(C)C1CCN(c2nc(N)n3nc(Nc4ccc(Oc5ccncc5)cc4)c(N)c3n2)CC1. The number of nitrogens with one attached hydrogen (secondary N) is 1. The van der Waals surface area contributed by atoms with Crippen LogP contribution in [0.1, 0.15) is 12.8 Å². The molecular weight excluding hydrogens is 432 g/mol. The number of nitrogens with two attached hydrogens (primary N) is 2. The Bertz CT molecular complexity index is 1260. The third-order valence-electron chi connectivity index (χ3n) is 6.01. The van der Waals surface area contributed by atoms with Gasteiger partial charge in [0.05, 0.1) is 0 Å². The lowest BCUT2D eigenvalue weighted by Gasteiger charge is -2.35. The third kappa shape index (κ3) is 4.37. The van der Waals surface area contributed by atoms with E-state index in [2.05, 4.69) is 49.3 Å². The Kier molecular flexibility index (Phi) is 5.76. The summed E-state index contributed by atoms with van der Waals surface area (Å²) in [6.45, 7) is 1.73. The number of hydrogen-bond donors (Lipinski definition) is 3. The summed E-state index contributed by atoms with van der Waals surface area (Å²) in [6, 6.07) is 11.7. The van der Waals surface area contributed by atoms with E-state index in [1.54, 1.807) is 24.5 Å². The van der Waals surface area contributed by atoms with Crippen molar-refractivity contribution < 1.29 is 4.74 Å². The minimum absolute atomic E-state index is 0.246. The Morgan fingerprint density at radius 1 is 0.971 bits per heavy atom.